The fraction of sp³-hybridized carbons (Fsp3) is 0. The summed E-state index contributed by atoms with van der Waals surface area (Å²) >= 11 is -0.625. The van der Waals surface area contributed by atoms with Gasteiger partial charge in [-0.25, -0.2) is 0 Å². The molecule has 0 aromatic rings. The van der Waals surface area contributed by atoms with Gasteiger partial charge in [0.1, 0.15) is 0 Å². The van der Waals surface area contributed by atoms with Crippen molar-refractivity contribution in [1.29, 1.82) is 0 Å². The zero-order valence-corrected chi connectivity index (χ0v) is 2.81. The van der Waals surface area contributed by atoms with Crippen molar-refractivity contribution in [3.05, 3.63) is 0 Å². The third kappa shape index (κ3) is 2.24. The minimum atomic E-state index is -0.625. The molecule has 2 N–H and O–H groups in total. The molecule has 0 spiro atoms. The van der Waals surface area contributed by atoms with Gasteiger partial charge in [0.25, 0.3) is 0 Å². The zero-order chi connectivity index (χ0) is 3.41. The Morgan fingerprint density at radius 2 is 2.25 bits per heavy atom. The standard InChI is InChI=1S/Fe.H2NO.O/c;1-2;/h;1-2H;/q+1;-1;. The average Bonchev–Trinajstić information content (AvgIpc) is 1.37. The molecule has 0 radical (unpaired) electrons. The summed E-state index contributed by atoms with van der Waals surface area (Å²) in [6.45, 7) is 0. The van der Waals surface area contributed by atoms with Crippen LogP contribution >= 0.6 is 0 Å². The first kappa shape index (κ1) is 4.24. The summed E-state index contributed by atoms with van der Waals surface area (Å²) in [7, 11) is 0. The summed E-state index contributed by atoms with van der Waals surface area (Å²) in [6.07, 6.45) is 0. The van der Waals surface area contributed by atoms with Crippen molar-refractivity contribution in [3.63, 3.8) is 0 Å². The van der Waals surface area contributed by atoms with Crippen LogP contribution in [0.1, 0.15) is 0 Å². The van der Waals surface area contributed by atoms with Crippen molar-refractivity contribution in [3.8, 4) is 0 Å². The predicted molar refractivity (Wildman–Crippen MR) is 5.61 cm³/mol. The van der Waals surface area contributed by atoms with E-state index in [-0.39, 0.29) is 0 Å². The monoisotopic (exact) mass is 104 g/mol. The van der Waals surface area contributed by atoms with Crippen molar-refractivity contribution >= 4 is 0 Å². The Kier molecular flexibility index (Phi) is 3.43. The van der Waals surface area contributed by atoms with E-state index in [1.54, 1.807) is 0 Å². The molecular formula is H2FeNO2. The molecule has 0 unspecified atom stereocenters. The second-order valence-corrected chi connectivity index (χ2v) is 0.624. The van der Waals surface area contributed by atoms with Gasteiger partial charge in [0.2, 0.25) is 0 Å². The van der Waals surface area contributed by atoms with E-state index in [2.05, 4.69) is 0 Å². The van der Waals surface area contributed by atoms with E-state index in [0.717, 1.165) is 0 Å². The van der Waals surface area contributed by atoms with Crippen LogP contribution in [0.15, 0.2) is 0 Å². The molecule has 4 heavy (non-hydrogen) atoms. The second-order valence-electron chi connectivity index (χ2n) is 0.151. The Morgan fingerprint density at radius 3 is 2.25 bits per heavy atom. The van der Waals surface area contributed by atoms with Crippen molar-refractivity contribution < 1.29 is 24.1 Å². The topological polar surface area (TPSA) is 49.3 Å². The number of hydrogen-bond acceptors (Lipinski definition) is 2. The minimum absolute atomic E-state index is 0.625. The number of rotatable bonds is 1. The third-order valence-corrected chi connectivity index (χ3v) is 0.133. The molecule has 27 valence electrons. The first-order chi connectivity index (χ1) is 1.91. The van der Waals surface area contributed by atoms with Crippen LogP contribution in [0.25, 0.3) is 0 Å². The van der Waals surface area contributed by atoms with Gasteiger partial charge in [-0.05, 0) is 0 Å². The van der Waals surface area contributed by atoms with E-state index in [1.165, 1.54) is 4.50 Å². The molecule has 0 saturated heterocycles. The van der Waals surface area contributed by atoms with Gasteiger partial charge in [-0.3, -0.25) is 0 Å². The number of hydrogen-bond donors (Lipinski definition) is 2. The van der Waals surface area contributed by atoms with Gasteiger partial charge in [0, 0.05) is 0 Å². The molecule has 0 aliphatic carbocycles. The van der Waals surface area contributed by atoms with Crippen LogP contribution in [0.3, 0.4) is 0 Å². The van der Waals surface area contributed by atoms with Gasteiger partial charge < -0.3 is 0 Å². The van der Waals surface area contributed by atoms with Crippen LogP contribution in [-0.4, -0.2) is 5.21 Å². The Labute approximate surface area is 29.5 Å². The molecule has 0 amide bonds. The van der Waals surface area contributed by atoms with E-state index < -0.39 is 15.1 Å². The Morgan fingerprint density at radius 1 is 2.00 bits per heavy atom. The fourth-order valence-corrected chi connectivity index (χ4v) is 0. The van der Waals surface area contributed by atoms with Crippen LogP contribution < -0.4 is 4.50 Å². The van der Waals surface area contributed by atoms with Crippen LogP contribution in [0.4, 0.5) is 0 Å². The molecule has 3 nitrogen and oxygen atoms in total. The van der Waals surface area contributed by atoms with Gasteiger partial charge >= 0.3 is 28.6 Å². The molecule has 0 atom stereocenters. The predicted octanol–water partition coefficient (Wildman–Crippen LogP) is -0.692. The summed E-state index contributed by atoms with van der Waals surface area (Å²) < 4.78 is 10.3. The third-order valence-electron chi connectivity index (χ3n) is 0.0323. The van der Waals surface area contributed by atoms with Gasteiger partial charge in [0.05, 0.1) is 0 Å². The van der Waals surface area contributed by atoms with E-state index in [9.17, 15) is 0 Å². The average molecular weight is 104 g/mol. The first-order valence-electron chi connectivity index (χ1n) is 0.545. The van der Waals surface area contributed by atoms with E-state index in [4.69, 9.17) is 9.04 Å². The van der Waals surface area contributed by atoms with Crippen molar-refractivity contribution in [2.45, 2.75) is 0 Å². The molecule has 0 aliphatic heterocycles. The first-order valence-corrected chi connectivity index (χ1v) is 1.55. The molecule has 0 fully saturated rings. The Bertz CT molecular complexity index is 20.0. The van der Waals surface area contributed by atoms with Crippen LogP contribution in [0, 0.1) is 0 Å². The van der Waals surface area contributed by atoms with Crippen LogP contribution in [-0.2, 0) is 18.9 Å². The zero-order valence-electron chi connectivity index (χ0n) is 1.71. The van der Waals surface area contributed by atoms with Crippen LogP contribution in [0.5, 0.6) is 0 Å². The fourth-order valence-electron chi connectivity index (χ4n) is 0. The summed E-state index contributed by atoms with van der Waals surface area (Å²) in [4.78, 5) is 0. The number of nitrogens with one attached hydrogen (secondary N) is 1. The molecule has 0 aromatic carbocycles. The Balaban J connectivity index is 2.30. The summed E-state index contributed by atoms with van der Waals surface area (Å²) in [5.41, 5.74) is 0. The van der Waals surface area contributed by atoms with Crippen molar-refractivity contribution in [1.82, 2.24) is 4.50 Å². The quantitative estimate of drug-likeness (QED) is 0.341. The van der Waals surface area contributed by atoms with E-state index in [1.807, 2.05) is 0 Å². The van der Waals surface area contributed by atoms with Crippen molar-refractivity contribution in [2.24, 2.45) is 0 Å². The molecular weight excluding hydrogens is 102 g/mol. The molecule has 0 bridgehead atoms. The maximum atomic E-state index is 8.94. The Hall–Kier alpha value is 0.239. The molecule has 0 aliphatic rings. The molecule has 4 heteroatoms. The SMILES string of the molecule is [O]=[Fe][NH]O. The van der Waals surface area contributed by atoms with Crippen LogP contribution in [0.2, 0.25) is 0 Å². The van der Waals surface area contributed by atoms with Gasteiger partial charge in [-0.2, -0.15) is 0 Å². The molecule has 0 aromatic heterocycles. The molecule has 0 rings (SSSR count). The van der Waals surface area contributed by atoms with Gasteiger partial charge in [-0.1, -0.05) is 0 Å². The molecule has 0 heterocycles. The van der Waals surface area contributed by atoms with Gasteiger partial charge in [-0.15, -0.1) is 0 Å². The van der Waals surface area contributed by atoms with E-state index in [0.29, 0.717) is 0 Å². The van der Waals surface area contributed by atoms with Gasteiger partial charge in [0.15, 0.2) is 0 Å². The summed E-state index contributed by atoms with van der Waals surface area (Å²) in [5.74, 6) is 0. The van der Waals surface area contributed by atoms with E-state index >= 15 is 0 Å². The maximum absolute atomic E-state index is 8.94. The summed E-state index contributed by atoms with van der Waals surface area (Å²) in [6, 6.07) is 0. The van der Waals surface area contributed by atoms with Crippen molar-refractivity contribution in [2.75, 3.05) is 0 Å². The summed E-state index contributed by atoms with van der Waals surface area (Å²) in [5, 5.41) is 7.31. The molecule has 0 saturated carbocycles. The normalized spacial score (nSPS) is 7.25. The second kappa shape index (κ2) is 3.24.